The van der Waals surface area contributed by atoms with E-state index in [0.29, 0.717) is 6.04 Å². The molecule has 1 atom stereocenters. The molecule has 4 nitrogen and oxygen atoms in total. The number of nitrogens with one attached hydrogen (secondary N) is 1. The van der Waals surface area contributed by atoms with E-state index in [1.165, 1.54) is 31.7 Å². The molecule has 0 aromatic heterocycles. The number of piperazine rings is 1. The SMILES string of the molecule is CN1CCN(C2CC3(CCNCC3)Oc3ccccc32)CC1. The van der Waals surface area contributed by atoms with Gasteiger partial charge in [-0.2, -0.15) is 0 Å². The summed E-state index contributed by atoms with van der Waals surface area (Å²) in [5.41, 5.74) is 1.45. The molecular formula is C18H27N3O. The van der Waals surface area contributed by atoms with Crippen LogP contribution in [0.1, 0.15) is 30.9 Å². The number of rotatable bonds is 1. The Labute approximate surface area is 133 Å². The Morgan fingerprint density at radius 1 is 1.09 bits per heavy atom. The van der Waals surface area contributed by atoms with Gasteiger partial charge < -0.3 is 15.0 Å². The first kappa shape index (κ1) is 14.5. The number of likely N-dealkylation sites (N-methyl/N-ethyl adjacent to an activating group) is 1. The number of hydrogen-bond acceptors (Lipinski definition) is 4. The second kappa shape index (κ2) is 5.84. The van der Waals surface area contributed by atoms with Gasteiger partial charge in [-0.3, -0.25) is 4.90 Å². The molecule has 0 radical (unpaired) electrons. The van der Waals surface area contributed by atoms with Crippen LogP contribution in [0, 0.1) is 0 Å². The summed E-state index contributed by atoms with van der Waals surface area (Å²) in [7, 11) is 2.23. The van der Waals surface area contributed by atoms with Gasteiger partial charge in [-0.05, 0) is 39.0 Å². The zero-order valence-electron chi connectivity index (χ0n) is 13.6. The first-order valence-corrected chi connectivity index (χ1v) is 8.67. The zero-order chi connectivity index (χ0) is 15.0. The lowest BCUT2D eigenvalue weighted by Crippen LogP contribution is -2.53. The van der Waals surface area contributed by atoms with Crippen molar-refractivity contribution in [3.05, 3.63) is 29.8 Å². The van der Waals surface area contributed by atoms with Crippen LogP contribution < -0.4 is 10.1 Å². The Hall–Kier alpha value is -1.10. The molecule has 1 spiro atoms. The summed E-state index contributed by atoms with van der Waals surface area (Å²) >= 11 is 0. The third kappa shape index (κ3) is 2.64. The fourth-order valence-corrected chi connectivity index (χ4v) is 4.23. The van der Waals surface area contributed by atoms with Gasteiger partial charge in [0.2, 0.25) is 0 Å². The lowest BCUT2D eigenvalue weighted by Gasteiger charge is -2.48. The van der Waals surface area contributed by atoms with E-state index >= 15 is 0 Å². The first-order chi connectivity index (χ1) is 10.8. The predicted molar refractivity (Wildman–Crippen MR) is 88.3 cm³/mol. The number of benzene rings is 1. The van der Waals surface area contributed by atoms with Crippen LogP contribution in [0.25, 0.3) is 0 Å². The van der Waals surface area contributed by atoms with Gasteiger partial charge in [0.1, 0.15) is 11.4 Å². The summed E-state index contributed by atoms with van der Waals surface area (Å²) in [6.07, 6.45) is 3.41. The molecule has 1 N–H and O–H groups in total. The van der Waals surface area contributed by atoms with Crippen molar-refractivity contribution in [1.29, 1.82) is 0 Å². The number of para-hydroxylation sites is 1. The van der Waals surface area contributed by atoms with Crippen molar-refractivity contribution in [2.75, 3.05) is 46.3 Å². The van der Waals surface area contributed by atoms with Crippen molar-refractivity contribution in [2.45, 2.75) is 30.9 Å². The Bertz CT molecular complexity index is 519. The minimum absolute atomic E-state index is 0.0492. The summed E-state index contributed by atoms with van der Waals surface area (Å²) in [6.45, 7) is 6.85. The van der Waals surface area contributed by atoms with Crippen molar-refractivity contribution in [1.82, 2.24) is 15.1 Å². The maximum atomic E-state index is 6.53. The van der Waals surface area contributed by atoms with Gasteiger partial charge in [0.15, 0.2) is 0 Å². The molecule has 2 fully saturated rings. The van der Waals surface area contributed by atoms with Crippen molar-refractivity contribution >= 4 is 0 Å². The molecule has 3 aliphatic rings. The summed E-state index contributed by atoms with van der Waals surface area (Å²) in [5, 5.41) is 3.48. The van der Waals surface area contributed by atoms with Crippen LogP contribution in [0.4, 0.5) is 0 Å². The molecule has 120 valence electrons. The third-order valence-corrected chi connectivity index (χ3v) is 5.66. The van der Waals surface area contributed by atoms with E-state index in [0.717, 1.165) is 38.1 Å². The van der Waals surface area contributed by atoms with Crippen LogP contribution in [0.5, 0.6) is 5.75 Å². The molecule has 1 aromatic rings. The lowest BCUT2D eigenvalue weighted by molar-refractivity contribution is -0.0272. The van der Waals surface area contributed by atoms with Crippen molar-refractivity contribution in [3.63, 3.8) is 0 Å². The molecule has 0 bridgehead atoms. The summed E-state index contributed by atoms with van der Waals surface area (Å²) in [4.78, 5) is 5.12. The van der Waals surface area contributed by atoms with E-state index in [1.807, 2.05) is 0 Å². The first-order valence-electron chi connectivity index (χ1n) is 8.67. The maximum Gasteiger partial charge on any atom is 0.124 e. The van der Waals surface area contributed by atoms with E-state index in [9.17, 15) is 0 Å². The van der Waals surface area contributed by atoms with Crippen LogP contribution >= 0.6 is 0 Å². The van der Waals surface area contributed by atoms with Gasteiger partial charge >= 0.3 is 0 Å². The van der Waals surface area contributed by atoms with Crippen LogP contribution in [0.15, 0.2) is 24.3 Å². The van der Waals surface area contributed by atoms with Crippen molar-refractivity contribution < 1.29 is 4.74 Å². The number of ether oxygens (including phenoxy) is 1. The van der Waals surface area contributed by atoms with Crippen LogP contribution in [-0.2, 0) is 0 Å². The minimum Gasteiger partial charge on any atom is -0.487 e. The number of fused-ring (bicyclic) bond motifs is 1. The van der Waals surface area contributed by atoms with E-state index < -0.39 is 0 Å². The predicted octanol–water partition coefficient (Wildman–Crippen LogP) is 1.88. The fraction of sp³-hybridized carbons (Fsp3) is 0.667. The van der Waals surface area contributed by atoms with Crippen molar-refractivity contribution in [2.24, 2.45) is 0 Å². The Kier molecular flexibility index (Phi) is 3.84. The van der Waals surface area contributed by atoms with Gasteiger partial charge in [0.25, 0.3) is 0 Å². The highest BCUT2D eigenvalue weighted by Gasteiger charge is 2.43. The molecule has 1 aromatic carbocycles. The Balaban J connectivity index is 1.63. The number of hydrogen-bond donors (Lipinski definition) is 1. The Morgan fingerprint density at radius 2 is 1.82 bits per heavy atom. The van der Waals surface area contributed by atoms with E-state index in [1.54, 1.807) is 0 Å². The van der Waals surface area contributed by atoms with Crippen LogP contribution in [0.3, 0.4) is 0 Å². The summed E-state index contributed by atoms with van der Waals surface area (Å²) in [5.74, 6) is 1.12. The topological polar surface area (TPSA) is 27.7 Å². The van der Waals surface area contributed by atoms with Crippen LogP contribution in [0.2, 0.25) is 0 Å². The normalized spacial score (nSPS) is 29.0. The van der Waals surface area contributed by atoms with Gasteiger partial charge in [0.05, 0.1) is 0 Å². The highest BCUT2D eigenvalue weighted by Crippen LogP contribution is 2.45. The number of nitrogens with zero attached hydrogens (tertiary/aromatic N) is 2. The van der Waals surface area contributed by atoms with Gasteiger partial charge in [-0.25, -0.2) is 0 Å². The summed E-state index contributed by atoms with van der Waals surface area (Å²) in [6, 6.07) is 9.23. The smallest absolute Gasteiger partial charge is 0.124 e. The third-order valence-electron chi connectivity index (χ3n) is 5.66. The quantitative estimate of drug-likeness (QED) is 0.857. The van der Waals surface area contributed by atoms with E-state index in [4.69, 9.17) is 4.74 Å². The van der Waals surface area contributed by atoms with Gasteiger partial charge in [-0.15, -0.1) is 0 Å². The molecule has 1 unspecified atom stereocenters. The number of piperidine rings is 1. The largest absolute Gasteiger partial charge is 0.487 e. The highest BCUT2D eigenvalue weighted by atomic mass is 16.5. The molecular weight excluding hydrogens is 274 g/mol. The van der Waals surface area contributed by atoms with Gasteiger partial charge in [0, 0.05) is 44.2 Å². The average Bonchev–Trinajstić information content (AvgIpc) is 2.56. The molecule has 3 aliphatic heterocycles. The van der Waals surface area contributed by atoms with Crippen molar-refractivity contribution in [3.8, 4) is 5.75 Å². The van der Waals surface area contributed by atoms with E-state index in [-0.39, 0.29) is 5.60 Å². The van der Waals surface area contributed by atoms with E-state index in [2.05, 4.69) is 46.4 Å². The fourth-order valence-electron chi connectivity index (χ4n) is 4.23. The lowest BCUT2D eigenvalue weighted by atomic mass is 9.80. The minimum atomic E-state index is 0.0492. The molecule has 0 amide bonds. The molecule has 0 saturated carbocycles. The second-order valence-electron chi connectivity index (χ2n) is 7.13. The molecule has 0 aliphatic carbocycles. The van der Waals surface area contributed by atoms with Gasteiger partial charge in [-0.1, -0.05) is 18.2 Å². The van der Waals surface area contributed by atoms with Crippen LogP contribution in [-0.4, -0.2) is 61.7 Å². The molecule has 4 heteroatoms. The second-order valence-corrected chi connectivity index (χ2v) is 7.13. The molecule has 3 heterocycles. The summed E-state index contributed by atoms with van der Waals surface area (Å²) < 4.78 is 6.53. The average molecular weight is 301 g/mol. The standard InChI is InChI=1S/C18H27N3O/c1-20-10-12-21(13-11-20)16-14-18(6-8-19-9-7-18)22-17-5-3-2-4-15(16)17/h2-5,16,19H,6-14H2,1H3. The monoisotopic (exact) mass is 301 g/mol. The molecule has 22 heavy (non-hydrogen) atoms. The molecule has 4 rings (SSSR count). The zero-order valence-corrected chi connectivity index (χ0v) is 13.6. The maximum absolute atomic E-state index is 6.53. The Morgan fingerprint density at radius 3 is 2.59 bits per heavy atom. The highest BCUT2D eigenvalue weighted by molar-refractivity contribution is 5.39. The molecule has 2 saturated heterocycles.